The fourth-order valence-corrected chi connectivity index (χ4v) is 3.50. The third-order valence-corrected chi connectivity index (χ3v) is 4.76. The molecule has 0 atom stereocenters. The lowest BCUT2D eigenvalue weighted by molar-refractivity contribution is 0.584. The highest BCUT2D eigenvalue weighted by Crippen LogP contribution is 2.24. The van der Waals surface area contributed by atoms with Crippen LogP contribution in [0.1, 0.15) is 35.7 Å². The molecule has 5 heteroatoms. The van der Waals surface area contributed by atoms with E-state index in [4.69, 9.17) is 0 Å². The zero-order valence-electron chi connectivity index (χ0n) is 11.8. The Morgan fingerprint density at radius 1 is 1.37 bits per heavy atom. The highest BCUT2D eigenvalue weighted by Gasteiger charge is 2.12. The van der Waals surface area contributed by atoms with E-state index >= 15 is 0 Å². The van der Waals surface area contributed by atoms with E-state index in [0.717, 1.165) is 18.8 Å². The summed E-state index contributed by atoms with van der Waals surface area (Å²) in [5.41, 5.74) is 3.71. The second-order valence-electron chi connectivity index (χ2n) is 5.05. The van der Waals surface area contributed by atoms with Crippen molar-refractivity contribution >= 4 is 27.3 Å². The molecule has 104 valence electrons. The highest BCUT2D eigenvalue weighted by molar-refractivity contribution is 9.11. The van der Waals surface area contributed by atoms with Gasteiger partial charge in [0.2, 0.25) is 0 Å². The summed E-state index contributed by atoms with van der Waals surface area (Å²) in [7, 11) is 0. The number of thiophene rings is 1. The Morgan fingerprint density at radius 3 is 2.68 bits per heavy atom. The van der Waals surface area contributed by atoms with E-state index in [0.29, 0.717) is 6.04 Å². The molecule has 0 aliphatic carbocycles. The van der Waals surface area contributed by atoms with Crippen LogP contribution < -0.4 is 5.32 Å². The lowest BCUT2D eigenvalue weighted by atomic mass is 10.2. The van der Waals surface area contributed by atoms with Crippen molar-refractivity contribution in [2.24, 2.45) is 0 Å². The fourth-order valence-electron chi connectivity index (χ4n) is 2.03. The minimum atomic E-state index is 0.496. The van der Waals surface area contributed by atoms with Gasteiger partial charge in [0.25, 0.3) is 0 Å². The van der Waals surface area contributed by atoms with Crippen LogP contribution in [0.25, 0.3) is 0 Å². The molecule has 2 aromatic heterocycles. The SMILES string of the molecule is Cc1nn(Cc2ccc(Br)s2)c(C)c1CNC(C)C. The molecular formula is C14H20BrN3S. The number of halogens is 1. The van der Waals surface area contributed by atoms with Crippen molar-refractivity contribution in [2.45, 2.75) is 46.8 Å². The van der Waals surface area contributed by atoms with Crippen molar-refractivity contribution in [3.8, 4) is 0 Å². The van der Waals surface area contributed by atoms with Gasteiger partial charge in [0.05, 0.1) is 16.0 Å². The predicted octanol–water partition coefficient (Wildman–Crippen LogP) is 3.87. The Bertz CT molecular complexity index is 557. The number of hydrogen-bond acceptors (Lipinski definition) is 3. The summed E-state index contributed by atoms with van der Waals surface area (Å²) in [4.78, 5) is 1.32. The van der Waals surface area contributed by atoms with Gasteiger partial charge in [0.15, 0.2) is 0 Å². The highest BCUT2D eigenvalue weighted by atomic mass is 79.9. The van der Waals surface area contributed by atoms with Crippen molar-refractivity contribution in [1.29, 1.82) is 0 Å². The summed E-state index contributed by atoms with van der Waals surface area (Å²) < 4.78 is 3.27. The second kappa shape index (κ2) is 6.20. The summed E-state index contributed by atoms with van der Waals surface area (Å²) in [6.45, 7) is 10.3. The van der Waals surface area contributed by atoms with Gasteiger partial charge >= 0.3 is 0 Å². The van der Waals surface area contributed by atoms with E-state index in [9.17, 15) is 0 Å². The van der Waals surface area contributed by atoms with Gasteiger partial charge in [-0.1, -0.05) is 13.8 Å². The molecule has 0 spiro atoms. The molecule has 0 bridgehead atoms. The van der Waals surface area contributed by atoms with Crippen molar-refractivity contribution in [1.82, 2.24) is 15.1 Å². The van der Waals surface area contributed by atoms with Gasteiger partial charge in [-0.3, -0.25) is 4.68 Å². The average Bonchev–Trinajstić information content (AvgIpc) is 2.83. The van der Waals surface area contributed by atoms with E-state index in [1.54, 1.807) is 11.3 Å². The number of aromatic nitrogens is 2. The normalized spacial score (nSPS) is 11.5. The summed E-state index contributed by atoms with van der Waals surface area (Å²) in [5.74, 6) is 0. The van der Waals surface area contributed by atoms with Crippen molar-refractivity contribution in [3.05, 3.63) is 37.7 Å². The van der Waals surface area contributed by atoms with E-state index in [1.807, 2.05) is 0 Å². The van der Waals surface area contributed by atoms with Crippen LogP contribution in [0.15, 0.2) is 15.9 Å². The van der Waals surface area contributed by atoms with Gasteiger partial charge in [-0.05, 0) is 41.9 Å². The molecule has 0 unspecified atom stereocenters. The van der Waals surface area contributed by atoms with Crippen LogP contribution in [-0.2, 0) is 13.1 Å². The number of hydrogen-bond donors (Lipinski definition) is 1. The lowest BCUT2D eigenvalue weighted by Gasteiger charge is -2.08. The minimum absolute atomic E-state index is 0.496. The summed E-state index contributed by atoms with van der Waals surface area (Å²) >= 11 is 5.27. The van der Waals surface area contributed by atoms with Crippen molar-refractivity contribution < 1.29 is 0 Å². The number of nitrogens with zero attached hydrogens (tertiary/aromatic N) is 2. The standard InChI is InChI=1S/C14H20BrN3S/c1-9(2)16-7-13-10(3)17-18(11(13)4)8-12-5-6-14(15)19-12/h5-6,9,16H,7-8H2,1-4H3. The summed E-state index contributed by atoms with van der Waals surface area (Å²) in [5, 5.41) is 8.13. The van der Waals surface area contributed by atoms with E-state index in [1.165, 1.54) is 19.9 Å². The van der Waals surface area contributed by atoms with Crippen LogP contribution >= 0.6 is 27.3 Å². The first-order valence-electron chi connectivity index (χ1n) is 6.48. The first kappa shape index (κ1) is 14.8. The maximum atomic E-state index is 4.66. The maximum absolute atomic E-state index is 4.66. The zero-order chi connectivity index (χ0) is 14.0. The molecule has 0 saturated carbocycles. The van der Waals surface area contributed by atoms with Gasteiger partial charge in [-0.15, -0.1) is 11.3 Å². The Labute approximate surface area is 127 Å². The Balaban J connectivity index is 2.16. The third kappa shape index (κ3) is 3.68. The van der Waals surface area contributed by atoms with Gasteiger partial charge in [0, 0.05) is 28.7 Å². The fraction of sp³-hybridized carbons (Fsp3) is 0.500. The molecule has 0 fully saturated rings. The van der Waals surface area contributed by atoms with E-state index in [-0.39, 0.29) is 0 Å². The van der Waals surface area contributed by atoms with Crippen molar-refractivity contribution in [2.75, 3.05) is 0 Å². The largest absolute Gasteiger partial charge is 0.310 e. The maximum Gasteiger partial charge on any atom is 0.0755 e. The van der Waals surface area contributed by atoms with Crippen LogP contribution in [0.4, 0.5) is 0 Å². The Morgan fingerprint density at radius 2 is 2.11 bits per heavy atom. The number of rotatable bonds is 5. The summed E-state index contributed by atoms with van der Waals surface area (Å²) in [6, 6.07) is 4.74. The molecule has 0 saturated heterocycles. The van der Waals surface area contributed by atoms with Gasteiger partial charge in [-0.25, -0.2) is 0 Å². The molecular weight excluding hydrogens is 322 g/mol. The molecule has 2 heterocycles. The number of aryl methyl sites for hydroxylation is 1. The minimum Gasteiger partial charge on any atom is -0.310 e. The molecule has 3 nitrogen and oxygen atoms in total. The monoisotopic (exact) mass is 341 g/mol. The van der Waals surface area contributed by atoms with Gasteiger partial charge in [0.1, 0.15) is 0 Å². The third-order valence-electron chi connectivity index (χ3n) is 3.15. The van der Waals surface area contributed by atoms with E-state index in [2.05, 4.69) is 70.9 Å². The van der Waals surface area contributed by atoms with Crippen LogP contribution in [0.2, 0.25) is 0 Å². The zero-order valence-corrected chi connectivity index (χ0v) is 14.2. The first-order chi connectivity index (χ1) is 8.97. The number of nitrogens with one attached hydrogen (secondary N) is 1. The molecule has 19 heavy (non-hydrogen) atoms. The molecule has 0 aliphatic heterocycles. The van der Waals surface area contributed by atoms with E-state index < -0.39 is 0 Å². The molecule has 0 radical (unpaired) electrons. The first-order valence-corrected chi connectivity index (χ1v) is 8.08. The molecule has 0 aromatic carbocycles. The summed E-state index contributed by atoms with van der Waals surface area (Å²) in [6.07, 6.45) is 0. The van der Waals surface area contributed by atoms with Crippen LogP contribution in [0, 0.1) is 13.8 Å². The molecule has 0 amide bonds. The Hall–Kier alpha value is -0.650. The van der Waals surface area contributed by atoms with Crippen LogP contribution in [-0.4, -0.2) is 15.8 Å². The molecule has 1 N–H and O–H groups in total. The van der Waals surface area contributed by atoms with Crippen molar-refractivity contribution in [3.63, 3.8) is 0 Å². The predicted molar refractivity (Wildman–Crippen MR) is 84.8 cm³/mol. The topological polar surface area (TPSA) is 29.9 Å². The van der Waals surface area contributed by atoms with Crippen LogP contribution in [0.3, 0.4) is 0 Å². The van der Waals surface area contributed by atoms with Gasteiger partial charge in [-0.2, -0.15) is 5.10 Å². The average molecular weight is 342 g/mol. The van der Waals surface area contributed by atoms with Crippen LogP contribution in [0.5, 0.6) is 0 Å². The van der Waals surface area contributed by atoms with Gasteiger partial charge < -0.3 is 5.32 Å². The Kier molecular flexibility index (Phi) is 4.81. The molecule has 2 rings (SSSR count). The molecule has 0 aliphatic rings. The lowest BCUT2D eigenvalue weighted by Crippen LogP contribution is -2.22. The smallest absolute Gasteiger partial charge is 0.0755 e. The molecule has 2 aromatic rings. The second-order valence-corrected chi connectivity index (χ2v) is 7.60. The quantitative estimate of drug-likeness (QED) is 0.894.